The summed E-state index contributed by atoms with van der Waals surface area (Å²) < 4.78 is 28.6. The summed E-state index contributed by atoms with van der Waals surface area (Å²) in [7, 11) is 1.47. The van der Waals surface area contributed by atoms with E-state index in [9.17, 15) is 18.8 Å². The number of halogens is 1. The number of hydrazone groups is 2. The fraction of sp³-hybridized carbons (Fsp3) is 0.483. The molecule has 0 bridgehead atoms. The molecule has 0 radical (unpaired) electrons. The summed E-state index contributed by atoms with van der Waals surface area (Å²) in [5, 5.41) is 12.8. The van der Waals surface area contributed by atoms with E-state index >= 15 is 0 Å². The topological polar surface area (TPSA) is 120 Å². The number of carbonyl (C=O) groups is 1. The van der Waals surface area contributed by atoms with Gasteiger partial charge in [0.25, 0.3) is 5.56 Å². The van der Waals surface area contributed by atoms with E-state index < -0.39 is 34.6 Å². The lowest BCUT2D eigenvalue weighted by Gasteiger charge is -2.28. The summed E-state index contributed by atoms with van der Waals surface area (Å²) >= 11 is 1.13. The number of fused-ring (bicyclic) bond motifs is 1. The van der Waals surface area contributed by atoms with Crippen LogP contribution in [0, 0.1) is 18.7 Å². The van der Waals surface area contributed by atoms with E-state index in [1.807, 2.05) is 13.8 Å². The second-order valence-corrected chi connectivity index (χ2v) is 11.5. The molecule has 3 aromatic rings. The van der Waals surface area contributed by atoms with E-state index in [0.29, 0.717) is 39.9 Å². The van der Waals surface area contributed by atoms with Gasteiger partial charge in [-0.2, -0.15) is 10.2 Å². The average molecular weight is 603 g/mol. The van der Waals surface area contributed by atoms with Gasteiger partial charge in [0, 0.05) is 37.2 Å². The van der Waals surface area contributed by atoms with Crippen LogP contribution in [0.2, 0.25) is 0 Å². The third-order valence-corrected chi connectivity index (χ3v) is 7.98. The number of thiophene rings is 1. The van der Waals surface area contributed by atoms with Crippen molar-refractivity contribution in [1.29, 1.82) is 0 Å². The maximum Gasteiger partial charge on any atom is 0.333 e. The van der Waals surface area contributed by atoms with Gasteiger partial charge in [-0.15, -0.1) is 5.12 Å². The van der Waals surface area contributed by atoms with Crippen molar-refractivity contribution in [2.45, 2.75) is 66.7 Å². The molecule has 0 fully saturated rings. The number of benzene rings is 1. The van der Waals surface area contributed by atoms with Crippen LogP contribution in [0.1, 0.15) is 58.8 Å². The Kier molecular flexibility index (Phi) is 10.4. The molecule has 0 spiro atoms. The third kappa shape index (κ3) is 6.31. The summed E-state index contributed by atoms with van der Waals surface area (Å²) in [5.41, 5.74) is -1.98. The molecular weight excluding hydrogens is 563 g/mol. The Bertz CT molecular complexity index is 1610. The number of aromatic nitrogens is 2. The number of hydrogen-bond acceptors (Lipinski definition) is 9. The highest BCUT2D eigenvalue weighted by molar-refractivity contribution is 7.22. The van der Waals surface area contributed by atoms with E-state index in [1.54, 1.807) is 20.8 Å². The zero-order chi connectivity index (χ0) is 31.4. The minimum atomic E-state index is -1.54. The molecule has 1 amide bonds. The van der Waals surface area contributed by atoms with Gasteiger partial charge in [0.2, 0.25) is 5.91 Å². The van der Waals surface area contributed by atoms with E-state index in [4.69, 9.17) is 9.47 Å². The van der Waals surface area contributed by atoms with Crippen LogP contribution in [0.25, 0.3) is 10.2 Å². The molecule has 2 aromatic heterocycles. The monoisotopic (exact) mass is 602 g/mol. The summed E-state index contributed by atoms with van der Waals surface area (Å²) in [5.74, 6) is -0.479. The Morgan fingerprint density at radius 2 is 2.00 bits per heavy atom. The molecule has 0 aliphatic carbocycles. The van der Waals surface area contributed by atoms with Crippen molar-refractivity contribution >= 4 is 45.4 Å². The number of methoxy groups -OCH3 is 1. The lowest BCUT2D eigenvalue weighted by atomic mass is 10.0. The maximum atomic E-state index is 14.5. The summed E-state index contributed by atoms with van der Waals surface area (Å²) in [6, 6.07) is 4.09. The van der Waals surface area contributed by atoms with Crippen LogP contribution in [-0.4, -0.2) is 48.2 Å². The maximum absolute atomic E-state index is 14.5. The number of ether oxygens (including phenoxy) is 2. The number of rotatable bonds is 13. The van der Waals surface area contributed by atoms with E-state index in [0.717, 1.165) is 15.9 Å². The fourth-order valence-corrected chi connectivity index (χ4v) is 5.82. The number of carbonyl (C=O) groups excluding carboxylic acids is 1. The Labute approximate surface area is 248 Å². The van der Waals surface area contributed by atoms with Crippen LogP contribution >= 0.6 is 11.3 Å². The molecule has 1 aromatic carbocycles. The molecule has 228 valence electrons. The normalized spacial score (nSPS) is 12.7. The fourth-order valence-electron chi connectivity index (χ4n) is 4.59. The lowest BCUT2D eigenvalue weighted by Crippen LogP contribution is -2.55. The van der Waals surface area contributed by atoms with Gasteiger partial charge in [-0.3, -0.25) is 14.2 Å². The lowest BCUT2D eigenvalue weighted by molar-refractivity contribution is -0.128. The molecule has 11 nitrogen and oxygen atoms in total. The standard InChI is InChI=1S/C29H39FN6O5S/c1-10-32-27(38)29(6,7)35-24(37)23-18(5)25(36(31-8)33-11-2)42-26(23)34(28(35)39)15-22(41-16-17(3)4)20-14-19(30)12-13-21(20)40-9/h11-14,17,22H,8,10,15-16H2,1-7,9H3,(H,32,38)/b33-11-/t22-/m0/s1. The van der Waals surface area contributed by atoms with Crippen molar-refractivity contribution in [3.8, 4) is 5.75 Å². The number of likely N-dealkylation sites (N-methyl/N-ethyl adjacent to an activating group) is 1. The Morgan fingerprint density at radius 1 is 1.31 bits per heavy atom. The SMILES string of the molecule is C=NN(/N=C\C)c1sc2c(c1C)c(=O)n(C(C)(C)C(=O)NCC)c(=O)n2C[C@H](OCC(C)C)c1cc(F)ccc1OC. The van der Waals surface area contributed by atoms with Crippen LogP contribution in [0.15, 0.2) is 38.0 Å². The highest BCUT2D eigenvalue weighted by Gasteiger charge is 2.36. The van der Waals surface area contributed by atoms with Crippen molar-refractivity contribution in [3.63, 3.8) is 0 Å². The molecule has 1 N–H and O–H groups in total. The van der Waals surface area contributed by atoms with E-state index in [1.165, 1.54) is 55.1 Å². The van der Waals surface area contributed by atoms with Crippen molar-refractivity contribution in [2.24, 2.45) is 16.1 Å². The Morgan fingerprint density at radius 3 is 2.57 bits per heavy atom. The minimum Gasteiger partial charge on any atom is -0.496 e. The predicted molar refractivity (Wildman–Crippen MR) is 166 cm³/mol. The number of amides is 1. The van der Waals surface area contributed by atoms with Crippen LogP contribution in [0.5, 0.6) is 5.75 Å². The van der Waals surface area contributed by atoms with Crippen LogP contribution in [0.4, 0.5) is 9.39 Å². The zero-order valence-corrected chi connectivity index (χ0v) is 26.2. The number of anilines is 1. The van der Waals surface area contributed by atoms with Gasteiger partial charge in [0.15, 0.2) is 0 Å². The van der Waals surface area contributed by atoms with Crippen molar-refractivity contribution in [3.05, 3.63) is 56.0 Å². The second kappa shape index (κ2) is 13.4. The number of aryl methyl sites for hydroxylation is 1. The summed E-state index contributed by atoms with van der Waals surface area (Å²) in [4.78, 5) is 41.8. The van der Waals surface area contributed by atoms with Crippen molar-refractivity contribution in [1.82, 2.24) is 14.5 Å². The van der Waals surface area contributed by atoms with Gasteiger partial charge in [-0.1, -0.05) is 25.2 Å². The van der Waals surface area contributed by atoms with Gasteiger partial charge in [-0.25, -0.2) is 13.8 Å². The van der Waals surface area contributed by atoms with Crippen molar-refractivity contribution < 1.29 is 18.7 Å². The van der Waals surface area contributed by atoms with Gasteiger partial charge in [0.1, 0.15) is 33.0 Å². The molecule has 2 heterocycles. The first-order valence-corrected chi connectivity index (χ1v) is 14.4. The van der Waals surface area contributed by atoms with Crippen LogP contribution in [-0.2, 0) is 21.6 Å². The minimum absolute atomic E-state index is 0.106. The number of hydrogen-bond donors (Lipinski definition) is 1. The molecule has 0 aliphatic heterocycles. The molecule has 0 saturated carbocycles. The van der Waals surface area contributed by atoms with Crippen LogP contribution in [0.3, 0.4) is 0 Å². The molecule has 13 heteroatoms. The highest BCUT2D eigenvalue weighted by Crippen LogP contribution is 2.38. The highest BCUT2D eigenvalue weighted by atomic mass is 32.1. The first-order chi connectivity index (χ1) is 19.8. The van der Waals surface area contributed by atoms with Crippen LogP contribution < -0.4 is 26.4 Å². The second-order valence-electron chi connectivity index (χ2n) is 10.6. The summed E-state index contributed by atoms with van der Waals surface area (Å²) in [6.07, 6.45) is 0.680. The molecule has 1 atom stereocenters. The first-order valence-electron chi connectivity index (χ1n) is 13.6. The number of nitrogens with zero attached hydrogens (tertiary/aromatic N) is 5. The molecule has 0 unspecified atom stereocenters. The number of nitrogens with one attached hydrogen (secondary N) is 1. The molecule has 0 aliphatic rings. The average Bonchev–Trinajstić information content (AvgIpc) is 3.28. The largest absolute Gasteiger partial charge is 0.496 e. The molecule has 42 heavy (non-hydrogen) atoms. The predicted octanol–water partition coefficient (Wildman–Crippen LogP) is 4.39. The molecular formula is C29H39FN6O5S. The molecule has 0 saturated heterocycles. The quantitative estimate of drug-likeness (QED) is 0.229. The smallest absolute Gasteiger partial charge is 0.333 e. The zero-order valence-electron chi connectivity index (χ0n) is 25.4. The Hall–Kier alpha value is -3.84. The van der Waals surface area contributed by atoms with E-state index in [2.05, 4.69) is 22.2 Å². The van der Waals surface area contributed by atoms with Gasteiger partial charge < -0.3 is 14.8 Å². The summed E-state index contributed by atoms with van der Waals surface area (Å²) in [6.45, 7) is 16.3. The van der Waals surface area contributed by atoms with Gasteiger partial charge in [0.05, 0.1) is 19.0 Å². The van der Waals surface area contributed by atoms with Gasteiger partial charge >= 0.3 is 5.69 Å². The molecule has 3 rings (SSSR count). The third-order valence-electron chi connectivity index (χ3n) is 6.70. The van der Waals surface area contributed by atoms with Gasteiger partial charge in [-0.05, 0) is 58.7 Å². The Balaban J connectivity index is 2.44. The van der Waals surface area contributed by atoms with E-state index in [-0.39, 0.29) is 17.8 Å². The van der Waals surface area contributed by atoms with Crippen molar-refractivity contribution in [2.75, 3.05) is 25.4 Å². The first kappa shape index (κ1) is 32.7.